The SMILES string of the molecule is COc1ccc(/C=C/CN(Cc2c(C)nn(C)c2C)C2CC2)cc1. The van der Waals surface area contributed by atoms with Gasteiger partial charge in [0, 0.05) is 37.4 Å². The highest BCUT2D eigenvalue weighted by atomic mass is 16.5. The summed E-state index contributed by atoms with van der Waals surface area (Å²) < 4.78 is 7.19. The van der Waals surface area contributed by atoms with E-state index >= 15 is 0 Å². The zero-order chi connectivity index (χ0) is 17.1. The first-order valence-corrected chi connectivity index (χ1v) is 8.62. The molecule has 1 aliphatic rings. The van der Waals surface area contributed by atoms with Crippen LogP contribution >= 0.6 is 0 Å². The molecule has 128 valence electrons. The molecule has 1 heterocycles. The zero-order valence-corrected chi connectivity index (χ0v) is 15.1. The minimum Gasteiger partial charge on any atom is -0.497 e. The van der Waals surface area contributed by atoms with Crippen molar-refractivity contribution >= 4 is 6.08 Å². The summed E-state index contributed by atoms with van der Waals surface area (Å²) in [5, 5.41) is 4.55. The quantitative estimate of drug-likeness (QED) is 0.777. The third kappa shape index (κ3) is 3.88. The van der Waals surface area contributed by atoms with Crippen LogP contribution in [0.15, 0.2) is 30.3 Å². The Bertz CT molecular complexity index is 711. The van der Waals surface area contributed by atoms with Crippen LogP contribution in [-0.2, 0) is 13.6 Å². The normalized spacial score (nSPS) is 14.7. The van der Waals surface area contributed by atoms with Crippen LogP contribution in [0.2, 0.25) is 0 Å². The van der Waals surface area contributed by atoms with Crippen molar-refractivity contribution in [2.24, 2.45) is 7.05 Å². The van der Waals surface area contributed by atoms with Gasteiger partial charge in [0.2, 0.25) is 0 Å². The van der Waals surface area contributed by atoms with Gasteiger partial charge in [-0.1, -0.05) is 24.3 Å². The van der Waals surface area contributed by atoms with Gasteiger partial charge in [-0.15, -0.1) is 0 Å². The molecular formula is C20H27N3O. The van der Waals surface area contributed by atoms with Crippen LogP contribution < -0.4 is 4.74 Å². The number of aromatic nitrogens is 2. The fraction of sp³-hybridized carbons (Fsp3) is 0.450. The summed E-state index contributed by atoms with van der Waals surface area (Å²) in [5.41, 5.74) is 5.01. The third-order valence-electron chi connectivity index (χ3n) is 4.85. The molecule has 0 saturated heterocycles. The highest BCUT2D eigenvalue weighted by Gasteiger charge is 2.29. The Kier molecular flexibility index (Phi) is 5.05. The lowest BCUT2D eigenvalue weighted by atomic mass is 10.1. The first-order chi connectivity index (χ1) is 11.6. The molecule has 0 atom stereocenters. The Morgan fingerprint density at radius 2 is 1.96 bits per heavy atom. The van der Waals surface area contributed by atoms with Crippen LogP contribution in [0.5, 0.6) is 5.75 Å². The van der Waals surface area contributed by atoms with Gasteiger partial charge in [0.25, 0.3) is 0 Å². The summed E-state index contributed by atoms with van der Waals surface area (Å²) in [7, 11) is 3.72. The minimum atomic E-state index is 0.726. The molecule has 3 rings (SSSR count). The van der Waals surface area contributed by atoms with E-state index in [9.17, 15) is 0 Å². The molecule has 0 N–H and O–H groups in total. The van der Waals surface area contributed by atoms with Crippen molar-refractivity contribution in [3.8, 4) is 5.75 Å². The van der Waals surface area contributed by atoms with E-state index in [1.807, 2.05) is 23.9 Å². The molecule has 0 unspecified atom stereocenters. The number of nitrogens with zero attached hydrogens (tertiary/aromatic N) is 3. The van der Waals surface area contributed by atoms with Crippen LogP contribution in [0, 0.1) is 13.8 Å². The van der Waals surface area contributed by atoms with E-state index in [1.54, 1.807) is 7.11 Å². The van der Waals surface area contributed by atoms with Gasteiger partial charge in [0.1, 0.15) is 5.75 Å². The van der Waals surface area contributed by atoms with Crippen molar-refractivity contribution in [2.75, 3.05) is 13.7 Å². The Hall–Kier alpha value is -2.07. The van der Waals surface area contributed by atoms with Crippen molar-refractivity contribution in [3.63, 3.8) is 0 Å². The van der Waals surface area contributed by atoms with Gasteiger partial charge < -0.3 is 4.74 Å². The number of hydrogen-bond donors (Lipinski definition) is 0. The summed E-state index contributed by atoms with van der Waals surface area (Å²) in [6, 6.07) is 8.91. The van der Waals surface area contributed by atoms with Crippen LogP contribution in [0.3, 0.4) is 0 Å². The van der Waals surface area contributed by atoms with Crippen LogP contribution in [-0.4, -0.2) is 34.4 Å². The van der Waals surface area contributed by atoms with E-state index < -0.39 is 0 Å². The lowest BCUT2D eigenvalue weighted by molar-refractivity contribution is 0.283. The summed E-state index contributed by atoms with van der Waals surface area (Å²) in [6.45, 7) is 6.24. The van der Waals surface area contributed by atoms with Gasteiger partial charge in [0.05, 0.1) is 12.8 Å². The van der Waals surface area contributed by atoms with Crippen molar-refractivity contribution in [2.45, 2.75) is 39.3 Å². The third-order valence-corrected chi connectivity index (χ3v) is 4.85. The number of rotatable bonds is 7. The highest BCUT2D eigenvalue weighted by molar-refractivity contribution is 5.50. The molecule has 0 spiro atoms. The lowest BCUT2D eigenvalue weighted by Crippen LogP contribution is -2.26. The average Bonchev–Trinajstić information content (AvgIpc) is 3.39. The van der Waals surface area contributed by atoms with Crippen molar-refractivity contribution in [1.82, 2.24) is 14.7 Å². The molecule has 1 saturated carbocycles. The van der Waals surface area contributed by atoms with Gasteiger partial charge in [-0.2, -0.15) is 5.10 Å². The fourth-order valence-electron chi connectivity index (χ4n) is 3.07. The molecular weight excluding hydrogens is 298 g/mol. The Morgan fingerprint density at radius 3 is 2.50 bits per heavy atom. The monoisotopic (exact) mass is 325 g/mol. The number of benzene rings is 1. The van der Waals surface area contributed by atoms with E-state index in [4.69, 9.17) is 4.74 Å². The standard InChI is InChI=1S/C20H27N3O/c1-15-20(16(2)22(3)21-15)14-23(18-9-10-18)13-5-6-17-7-11-19(24-4)12-8-17/h5-8,11-12,18H,9-10,13-14H2,1-4H3/b6-5+. The van der Waals surface area contributed by atoms with Crippen molar-refractivity contribution < 1.29 is 4.74 Å². The molecule has 4 heteroatoms. The van der Waals surface area contributed by atoms with E-state index in [-0.39, 0.29) is 0 Å². The molecule has 1 fully saturated rings. The predicted octanol–water partition coefficient (Wildman–Crippen LogP) is 3.72. The Morgan fingerprint density at radius 1 is 1.25 bits per heavy atom. The van der Waals surface area contributed by atoms with Crippen LogP contribution in [0.1, 0.15) is 35.4 Å². The van der Waals surface area contributed by atoms with Gasteiger partial charge in [0.15, 0.2) is 0 Å². The highest BCUT2D eigenvalue weighted by Crippen LogP contribution is 2.29. The lowest BCUT2D eigenvalue weighted by Gasteiger charge is -2.20. The molecule has 1 aliphatic carbocycles. The first-order valence-electron chi connectivity index (χ1n) is 8.62. The zero-order valence-electron chi connectivity index (χ0n) is 15.1. The molecule has 0 bridgehead atoms. The number of methoxy groups -OCH3 is 1. The van der Waals surface area contributed by atoms with E-state index in [2.05, 4.69) is 48.1 Å². The second kappa shape index (κ2) is 7.22. The Balaban J connectivity index is 1.65. The molecule has 4 nitrogen and oxygen atoms in total. The maximum Gasteiger partial charge on any atom is 0.118 e. The molecule has 1 aromatic heterocycles. The molecule has 1 aromatic carbocycles. The number of hydrogen-bond acceptors (Lipinski definition) is 3. The summed E-state index contributed by atoms with van der Waals surface area (Å²) >= 11 is 0. The fourth-order valence-corrected chi connectivity index (χ4v) is 3.07. The summed E-state index contributed by atoms with van der Waals surface area (Å²) in [4.78, 5) is 2.57. The van der Waals surface area contributed by atoms with Crippen molar-refractivity contribution in [3.05, 3.63) is 52.9 Å². The smallest absolute Gasteiger partial charge is 0.118 e. The maximum atomic E-state index is 5.20. The van der Waals surface area contributed by atoms with E-state index in [0.717, 1.165) is 30.6 Å². The molecule has 0 amide bonds. The second-order valence-corrected chi connectivity index (χ2v) is 6.61. The largest absolute Gasteiger partial charge is 0.497 e. The predicted molar refractivity (Wildman–Crippen MR) is 98.1 cm³/mol. The molecule has 24 heavy (non-hydrogen) atoms. The van der Waals surface area contributed by atoms with Gasteiger partial charge in [-0.05, 0) is 44.4 Å². The van der Waals surface area contributed by atoms with Gasteiger partial charge in [-0.25, -0.2) is 0 Å². The summed E-state index contributed by atoms with van der Waals surface area (Å²) in [6.07, 6.45) is 7.09. The van der Waals surface area contributed by atoms with E-state index in [0.29, 0.717) is 0 Å². The van der Waals surface area contributed by atoms with E-state index in [1.165, 1.54) is 29.7 Å². The van der Waals surface area contributed by atoms with Gasteiger partial charge in [-0.3, -0.25) is 9.58 Å². The van der Waals surface area contributed by atoms with Crippen molar-refractivity contribution in [1.29, 1.82) is 0 Å². The topological polar surface area (TPSA) is 30.3 Å². The van der Waals surface area contributed by atoms with Crippen LogP contribution in [0.25, 0.3) is 6.08 Å². The number of aryl methyl sites for hydroxylation is 2. The molecule has 0 radical (unpaired) electrons. The Labute approximate surface area is 144 Å². The average molecular weight is 325 g/mol. The second-order valence-electron chi connectivity index (χ2n) is 6.61. The van der Waals surface area contributed by atoms with Crippen LogP contribution in [0.4, 0.5) is 0 Å². The maximum absolute atomic E-state index is 5.20. The van der Waals surface area contributed by atoms with Gasteiger partial charge >= 0.3 is 0 Å². The molecule has 0 aliphatic heterocycles. The number of ether oxygens (including phenoxy) is 1. The minimum absolute atomic E-state index is 0.726. The first kappa shape index (κ1) is 16.8. The summed E-state index contributed by atoms with van der Waals surface area (Å²) in [5.74, 6) is 0.897. The molecule has 2 aromatic rings.